The molecule has 0 aromatic heterocycles. The van der Waals surface area contributed by atoms with Crippen molar-refractivity contribution in [1.82, 2.24) is 4.90 Å². The summed E-state index contributed by atoms with van der Waals surface area (Å²) in [5, 5.41) is 0. The summed E-state index contributed by atoms with van der Waals surface area (Å²) in [7, 11) is 1.47. The summed E-state index contributed by atoms with van der Waals surface area (Å²) in [6.45, 7) is 6.57. The van der Waals surface area contributed by atoms with E-state index in [-0.39, 0.29) is 11.9 Å². The fraction of sp³-hybridized carbons (Fsp3) is 0.917. The van der Waals surface area contributed by atoms with Crippen LogP contribution in [0.25, 0.3) is 0 Å². The van der Waals surface area contributed by atoms with Crippen LogP contribution in [0.3, 0.4) is 0 Å². The summed E-state index contributed by atoms with van der Waals surface area (Å²) in [5.41, 5.74) is 0. The smallest absolute Gasteiger partial charge is 0.309 e. The summed E-state index contributed by atoms with van der Waals surface area (Å²) in [5.74, 6) is 0.0142. The number of carbonyl (C=O) groups excluding carboxylic acids is 1. The van der Waals surface area contributed by atoms with Gasteiger partial charge in [0.15, 0.2) is 0 Å². The maximum atomic E-state index is 11.4. The van der Waals surface area contributed by atoms with Crippen molar-refractivity contribution in [2.24, 2.45) is 5.92 Å². The van der Waals surface area contributed by atoms with E-state index in [4.69, 9.17) is 9.47 Å². The number of methoxy groups -OCH3 is 1. The molecule has 4 heteroatoms. The van der Waals surface area contributed by atoms with Crippen molar-refractivity contribution in [2.75, 3.05) is 40.0 Å². The molecule has 1 saturated heterocycles. The van der Waals surface area contributed by atoms with Crippen molar-refractivity contribution in [1.29, 1.82) is 0 Å². The molecule has 0 bridgehead atoms. The zero-order chi connectivity index (χ0) is 11.8. The Morgan fingerprint density at radius 1 is 1.50 bits per heavy atom. The molecule has 1 unspecified atom stereocenters. The number of esters is 1. The number of piperidine rings is 1. The molecule has 1 atom stereocenters. The first-order valence-corrected chi connectivity index (χ1v) is 6.15. The third-order valence-corrected chi connectivity index (χ3v) is 3.01. The van der Waals surface area contributed by atoms with Gasteiger partial charge in [-0.05, 0) is 32.7 Å². The summed E-state index contributed by atoms with van der Waals surface area (Å²) in [6.07, 6.45) is 3.10. The maximum absolute atomic E-state index is 11.4. The first-order valence-electron chi connectivity index (χ1n) is 6.15. The zero-order valence-corrected chi connectivity index (χ0v) is 10.4. The maximum Gasteiger partial charge on any atom is 0.309 e. The Morgan fingerprint density at radius 2 is 2.31 bits per heavy atom. The van der Waals surface area contributed by atoms with E-state index in [9.17, 15) is 4.79 Å². The van der Waals surface area contributed by atoms with Gasteiger partial charge >= 0.3 is 5.97 Å². The number of ether oxygens (including phenoxy) is 2. The molecule has 1 aliphatic heterocycles. The van der Waals surface area contributed by atoms with Gasteiger partial charge in [0.25, 0.3) is 0 Å². The number of hydrogen-bond donors (Lipinski definition) is 0. The van der Waals surface area contributed by atoms with E-state index < -0.39 is 0 Å². The van der Waals surface area contributed by atoms with Crippen molar-refractivity contribution >= 4 is 5.97 Å². The average molecular weight is 229 g/mol. The quantitative estimate of drug-likeness (QED) is 0.508. The van der Waals surface area contributed by atoms with Crippen LogP contribution in [-0.2, 0) is 14.3 Å². The Morgan fingerprint density at radius 3 is 3.00 bits per heavy atom. The number of likely N-dealkylation sites (tertiary alicyclic amines) is 1. The number of nitrogens with zero attached hydrogens (tertiary/aromatic N) is 1. The van der Waals surface area contributed by atoms with E-state index in [0.29, 0.717) is 0 Å². The van der Waals surface area contributed by atoms with E-state index in [1.54, 1.807) is 0 Å². The average Bonchev–Trinajstić information content (AvgIpc) is 2.34. The molecule has 94 valence electrons. The van der Waals surface area contributed by atoms with Crippen LogP contribution in [0.1, 0.15) is 26.2 Å². The molecular formula is C12H23NO3. The van der Waals surface area contributed by atoms with Crippen LogP contribution in [0.5, 0.6) is 0 Å². The number of hydrogen-bond acceptors (Lipinski definition) is 4. The zero-order valence-electron chi connectivity index (χ0n) is 10.4. The van der Waals surface area contributed by atoms with Gasteiger partial charge in [0.2, 0.25) is 0 Å². The lowest BCUT2D eigenvalue weighted by Crippen LogP contribution is -2.39. The van der Waals surface area contributed by atoms with Crippen molar-refractivity contribution in [3.8, 4) is 0 Å². The molecule has 16 heavy (non-hydrogen) atoms. The molecule has 1 rings (SSSR count). The third-order valence-electron chi connectivity index (χ3n) is 3.01. The van der Waals surface area contributed by atoms with E-state index >= 15 is 0 Å². The Bertz CT molecular complexity index is 208. The minimum atomic E-state index is -0.0606. The summed E-state index contributed by atoms with van der Waals surface area (Å²) < 4.78 is 10.1. The Kier molecular flexibility index (Phi) is 6.42. The fourth-order valence-corrected chi connectivity index (χ4v) is 2.15. The number of rotatable bonds is 6. The molecule has 1 heterocycles. The van der Waals surface area contributed by atoms with Crippen LogP contribution in [0.2, 0.25) is 0 Å². The highest BCUT2D eigenvalue weighted by molar-refractivity contribution is 5.72. The van der Waals surface area contributed by atoms with Crippen molar-refractivity contribution in [2.45, 2.75) is 26.2 Å². The molecule has 0 amide bonds. The predicted molar refractivity (Wildman–Crippen MR) is 62.3 cm³/mol. The van der Waals surface area contributed by atoms with Crippen LogP contribution in [0.4, 0.5) is 0 Å². The topological polar surface area (TPSA) is 38.8 Å². The SMILES string of the molecule is CCOCCCN1CCCC(C(=O)OC)C1. The fourth-order valence-electron chi connectivity index (χ4n) is 2.15. The molecule has 0 aromatic carbocycles. The first kappa shape index (κ1) is 13.5. The van der Waals surface area contributed by atoms with Crippen molar-refractivity contribution < 1.29 is 14.3 Å². The van der Waals surface area contributed by atoms with Gasteiger partial charge in [0.05, 0.1) is 13.0 Å². The molecule has 0 spiro atoms. The highest BCUT2D eigenvalue weighted by atomic mass is 16.5. The second-order valence-corrected chi connectivity index (χ2v) is 4.21. The minimum absolute atomic E-state index is 0.0606. The highest BCUT2D eigenvalue weighted by Gasteiger charge is 2.25. The molecule has 1 aliphatic rings. The molecule has 1 fully saturated rings. The van der Waals surface area contributed by atoms with Gasteiger partial charge < -0.3 is 14.4 Å². The molecule has 0 radical (unpaired) electrons. The van der Waals surface area contributed by atoms with Gasteiger partial charge in [-0.15, -0.1) is 0 Å². The lowest BCUT2D eigenvalue weighted by molar-refractivity contribution is -0.147. The van der Waals surface area contributed by atoms with E-state index in [2.05, 4.69) is 4.90 Å². The first-order chi connectivity index (χ1) is 7.77. The normalized spacial score (nSPS) is 22.0. The largest absolute Gasteiger partial charge is 0.469 e. The van der Waals surface area contributed by atoms with E-state index in [0.717, 1.165) is 52.1 Å². The Labute approximate surface area is 97.9 Å². The summed E-state index contributed by atoms with van der Waals surface area (Å²) in [6, 6.07) is 0. The van der Waals surface area contributed by atoms with Gasteiger partial charge in [-0.1, -0.05) is 0 Å². The summed E-state index contributed by atoms with van der Waals surface area (Å²) >= 11 is 0. The molecule has 0 N–H and O–H groups in total. The molecule has 0 saturated carbocycles. The molecule has 0 aromatic rings. The standard InChI is InChI=1S/C12H23NO3/c1-3-16-9-5-8-13-7-4-6-11(10-13)12(14)15-2/h11H,3-10H2,1-2H3. The molecular weight excluding hydrogens is 206 g/mol. The van der Waals surface area contributed by atoms with Crippen LogP contribution in [0.15, 0.2) is 0 Å². The van der Waals surface area contributed by atoms with Gasteiger partial charge in [0.1, 0.15) is 0 Å². The highest BCUT2D eigenvalue weighted by Crippen LogP contribution is 2.17. The van der Waals surface area contributed by atoms with Crippen LogP contribution >= 0.6 is 0 Å². The van der Waals surface area contributed by atoms with Crippen molar-refractivity contribution in [3.63, 3.8) is 0 Å². The van der Waals surface area contributed by atoms with Crippen LogP contribution in [-0.4, -0.2) is 50.8 Å². The Hall–Kier alpha value is -0.610. The second-order valence-electron chi connectivity index (χ2n) is 4.21. The Balaban J connectivity index is 2.20. The molecule has 0 aliphatic carbocycles. The van der Waals surface area contributed by atoms with Crippen molar-refractivity contribution in [3.05, 3.63) is 0 Å². The monoisotopic (exact) mass is 229 g/mol. The summed E-state index contributed by atoms with van der Waals surface area (Å²) in [4.78, 5) is 13.8. The van der Waals surface area contributed by atoms with Crippen LogP contribution in [0, 0.1) is 5.92 Å². The van der Waals surface area contributed by atoms with E-state index in [1.165, 1.54) is 7.11 Å². The lowest BCUT2D eigenvalue weighted by atomic mass is 9.98. The lowest BCUT2D eigenvalue weighted by Gasteiger charge is -2.31. The predicted octanol–water partition coefficient (Wildman–Crippen LogP) is 1.30. The molecule has 4 nitrogen and oxygen atoms in total. The van der Waals surface area contributed by atoms with Crippen LogP contribution < -0.4 is 0 Å². The van der Waals surface area contributed by atoms with E-state index in [1.807, 2.05) is 6.92 Å². The van der Waals surface area contributed by atoms with Gasteiger partial charge in [0, 0.05) is 26.3 Å². The third kappa shape index (κ3) is 4.49. The van der Waals surface area contributed by atoms with Gasteiger partial charge in [-0.3, -0.25) is 4.79 Å². The van der Waals surface area contributed by atoms with Gasteiger partial charge in [-0.2, -0.15) is 0 Å². The van der Waals surface area contributed by atoms with Gasteiger partial charge in [-0.25, -0.2) is 0 Å². The second kappa shape index (κ2) is 7.63. The minimum Gasteiger partial charge on any atom is -0.469 e. The number of carbonyl (C=O) groups is 1.